The number of hydrogen-bond donors (Lipinski definition) is 2. The van der Waals surface area contributed by atoms with Crippen LogP contribution < -0.4 is 20.5 Å². The summed E-state index contributed by atoms with van der Waals surface area (Å²) in [4.78, 5) is 6.49. The summed E-state index contributed by atoms with van der Waals surface area (Å²) < 4.78 is 16.0. The first-order valence-corrected chi connectivity index (χ1v) is 8.49. The van der Waals surface area contributed by atoms with Crippen molar-refractivity contribution in [2.75, 3.05) is 41.4 Å². The third-order valence-electron chi connectivity index (χ3n) is 4.10. The predicted octanol–water partition coefficient (Wildman–Crippen LogP) is 2.66. The van der Waals surface area contributed by atoms with Crippen molar-refractivity contribution >= 4 is 29.9 Å². The van der Waals surface area contributed by atoms with Gasteiger partial charge in [0, 0.05) is 6.54 Å². The van der Waals surface area contributed by atoms with Crippen molar-refractivity contribution in [2.24, 2.45) is 10.7 Å². The molecule has 3 N–H and O–H groups in total. The van der Waals surface area contributed by atoms with Crippen LogP contribution in [0.25, 0.3) is 0 Å². The van der Waals surface area contributed by atoms with Gasteiger partial charge in [-0.05, 0) is 50.3 Å². The number of likely N-dealkylation sites (N-methyl/N-ethyl adjacent to an activating group) is 1. The Bertz CT molecular complexity index is 705. The van der Waals surface area contributed by atoms with Crippen LogP contribution in [0.3, 0.4) is 0 Å². The lowest BCUT2D eigenvalue weighted by molar-refractivity contribution is 0.265. The van der Waals surface area contributed by atoms with Crippen LogP contribution in [0.1, 0.15) is 17.4 Å². The molecule has 0 saturated heterocycles. The molecule has 0 aliphatic heterocycles. The standard InChI is InChI=1S/C19H28N4O3.HI/c1-23(2)15(16-6-5-11-26-16)13-22-19(20)21-10-9-14-7-8-17(24-3)18(12-14)25-4;/h5-8,11-12,15H,9-10,13H2,1-4H3,(H3,20,21,22);1H. The van der Waals surface area contributed by atoms with Gasteiger partial charge in [-0.1, -0.05) is 6.07 Å². The normalized spacial score (nSPS) is 12.4. The van der Waals surface area contributed by atoms with Gasteiger partial charge in [0.25, 0.3) is 0 Å². The molecular weight excluding hydrogens is 459 g/mol. The Morgan fingerprint density at radius 1 is 1.22 bits per heavy atom. The van der Waals surface area contributed by atoms with Gasteiger partial charge in [0.05, 0.1) is 33.1 Å². The molecule has 0 saturated carbocycles. The summed E-state index contributed by atoms with van der Waals surface area (Å²) in [5.41, 5.74) is 7.12. The van der Waals surface area contributed by atoms with E-state index in [1.165, 1.54) is 0 Å². The van der Waals surface area contributed by atoms with Crippen molar-refractivity contribution in [1.29, 1.82) is 0 Å². The molecule has 1 unspecified atom stereocenters. The van der Waals surface area contributed by atoms with Gasteiger partial charge in [-0.15, -0.1) is 24.0 Å². The van der Waals surface area contributed by atoms with E-state index >= 15 is 0 Å². The van der Waals surface area contributed by atoms with Crippen LogP contribution in [0.5, 0.6) is 11.5 Å². The molecule has 0 bridgehead atoms. The molecule has 1 atom stereocenters. The maximum absolute atomic E-state index is 5.99. The summed E-state index contributed by atoms with van der Waals surface area (Å²) in [5.74, 6) is 2.73. The number of rotatable bonds is 9. The van der Waals surface area contributed by atoms with Crippen LogP contribution in [-0.2, 0) is 6.42 Å². The van der Waals surface area contributed by atoms with Gasteiger partial charge < -0.3 is 24.9 Å². The van der Waals surface area contributed by atoms with Crippen LogP contribution >= 0.6 is 24.0 Å². The largest absolute Gasteiger partial charge is 0.493 e. The van der Waals surface area contributed by atoms with Gasteiger partial charge in [-0.3, -0.25) is 9.89 Å². The molecule has 2 rings (SSSR count). The van der Waals surface area contributed by atoms with Crippen LogP contribution in [0.15, 0.2) is 46.0 Å². The third-order valence-corrected chi connectivity index (χ3v) is 4.10. The smallest absolute Gasteiger partial charge is 0.188 e. The Hall–Kier alpha value is -1.94. The Morgan fingerprint density at radius 2 is 1.96 bits per heavy atom. The highest BCUT2D eigenvalue weighted by molar-refractivity contribution is 14.0. The van der Waals surface area contributed by atoms with Crippen molar-refractivity contribution in [3.8, 4) is 11.5 Å². The first-order chi connectivity index (χ1) is 12.5. The molecule has 8 heteroatoms. The second-order valence-electron chi connectivity index (χ2n) is 6.09. The Morgan fingerprint density at radius 3 is 2.56 bits per heavy atom. The maximum atomic E-state index is 5.99. The lowest BCUT2D eigenvalue weighted by Crippen LogP contribution is -2.34. The number of aliphatic imine (C=N–C) groups is 1. The fourth-order valence-electron chi connectivity index (χ4n) is 2.60. The first kappa shape index (κ1) is 23.1. The van der Waals surface area contributed by atoms with Crippen LogP contribution in [-0.4, -0.2) is 52.3 Å². The molecule has 27 heavy (non-hydrogen) atoms. The summed E-state index contributed by atoms with van der Waals surface area (Å²) in [5, 5.41) is 3.14. The Kier molecular flexibility index (Phi) is 10.0. The van der Waals surface area contributed by atoms with Crippen LogP contribution in [0.2, 0.25) is 0 Å². The number of ether oxygens (including phenoxy) is 2. The van der Waals surface area contributed by atoms with E-state index in [0.717, 1.165) is 29.2 Å². The molecule has 0 aliphatic carbocycles. The lowest BCUT2D eigenvalue weighted by Gasteiger charge is -2.20. The number of nitrogens with one attached hydrogen (secondary N) is 1. The molecule has 0 fully saturated rings. The third kappa shape index (κ3) is 6.94. The van der Waals surface area contributed by atoms with Gasteiger partial charge in [-0.2, -0.15) is 0 Å². The number of halogens is 1. The van der Waals surface area contributed by atoms with Crippen molar-refractivity contribution in [3.63, 3.8) is 0 Å². The highest BCUT2D eigenvalue weighted by Crippen LogP contribution is 2.27. The van der Waals surface area contributed by atoms with Crippen molar-refractivity contribution in [2.45, 2.75) is 12.5 Å². The topological polar surface area (TPSA) is 85.2 Å². The summed E-state index contributed by atoms with van der Waals surface area (Å²) in [6.45, 7) is 1.20. The number of nitrogens with two attached hydrogens (primary N) is 1. The van der Waals surface area contributed by atoms with E-state index in [2.05, 4.69) is 15.2 Å². The van der Waals surface area contributed by atoms with E-state index in [4.69, 9.17) is 19.6 Å². The van der Waals surface area contributed by atoms with Gasteiger partial charge in [0.15, 0.2) is 17.5 Å². The van der Waals surface area contributed by atoms with Crippen molar-refractivity contribution < 1.29 is 13.9 Å². The molecule has 1 aromatic heterocycles. The van der Waals surface area contributed by atoms with Gasteiger partial charge >= 0.3 is 0 Å². The van der Waals surface area contributed by atoms with Gasteiger partial charge in [0.1, 0.15) is 5.76 Å². The highest BCUT2D eigenvalue weighted by atomic mass is 127. The zero-order valence-corrected chi connectivity index (χ0v) is 18.6. The SMILES string of the molecule is COc1ccc(CCNC(N)=NCC(c2ccco2)N(C)C)cc1OC.I. The average molecular weight is 488 g/mol. The molecule has 150 valence electrons. The van der Waals surface area contributed by atoms with Crippen LogP contribution in [0.4, 0.5) is 0 Å². The molecule has 0 radical (unpaired) electrons. The highest BCUT2D eigenvalue weighted by Gasteiger charge is 2.16. The quantitative estimate of drug-likeness (QED) is 0.321. The monoisotopic (exact) mass is 488 g/mol. The minimum atomic E-state index is 0. The van der Waals surface area contributed by atoms with E-state index < -0.39 is 0 Å². The van der Waals surface area contributed by atoms with Crippen molar-refractivity contribution in [3.05, 3.63) is 47.9 Å². The van der Waals surface area contributed by atoms with E-state index in [0.29, 0.717) is 19.0 Å². The second-order valence-corrected chi connectivity index (χ2v) is 6.09. The number of nitrogens with zero attached hydrogens (tertiary/aromatic N) is 2. The molecule has 0 amide bonds. The van der Waals surface area contributed by atoms with Gasteiger partial charge in [0.2, 0.25) is 0 Å². The molecule has 1 aromatic carbocycles. The summed E-state index contributed by atoms with van der Waals surface area (Å²) in [7, 11) is 7.23. The summed E-state index contributed by atoms with van der Waals surface area (Å²) in [6, 6.07) is 9.75. The Labute approximate surface area is 177 Å². The van der Waals surface area contributed by atoms with E-state index in [1.54, 1.807) is 20.5 Å². The molecule has 1 heterocycles. The predicted molar refractivity (Wildman–Crippen MR) is 118 cm³/mol. The summed E-state index contributed by atoms with van der Waals surface area (Å²) in [6.07, 6.45) is 2.46. The van der Waals surface area contributed by atoms with E-state index in [-0.39, 0.29) is 30.0 Å². The number of hydrogen-bond acceptors (Lipinski definition) is 5. The zero-order valence-electron chi connectivity index (χ0n) is 16.3. The van der Waals surface area contributed by atoms with Crippen LogP contribution in [0, 0.1) is 0 Å². The van der Waals surface area contributed by atoms with E-state index in [9.17, 15) is 0 Å². The number of furan rings is 1. The average Bonchev–Trinajstić information content (AvgIpc) is 3.15. The molecular formula is C19H29IN4O3. The molecule has 2 aromatic rings. The zero-order chi connectivity index (χ0) is 18.9. The number of methoxy groups -OCH3 is 2. The van der Waals surface area contributed by atoms with Gasteiger partial charge in [-0.25, -0.2) is 0 Å². The summed E-state index contributed by atoms with van der Waals surface area (Å²) >= 11 is 0. The number of guanidine groups is 1. The fraction of sp³-hybridized carbons (Fsp3) is 0.421. The lowest BCUT2D eigenvalue weighted by atomic mass is 10.1. The molecule has 0 aliphatic rings. The number of benzene rings is 1. The Balaban J connectivity index is 0.00000364. The minimum Gasteiger partial charge on any atom is -0.493 e. The fourth-order valence-corrected chi connectivity index (χ4v) is 2.60. The minimum absolute atomic E-state index is 0. The first-order valence-electron chi connectivity index (χ1n) is 8.49. The molecule has 7 nitrogen and oxygen atoms in total. The maximum Gasteiger partial charge on any atom is 0.188 e. The van der Waals surface area contributed by atoms with Crippen molar-refractivity contribution in [1.82, 2.24) is 10.2 Å². The van der Waals surface area contributed by atoms with E-state index in [1.807, 2.05) is 44.4 Å². The molecule has 0 spiro atoms. The second kappa shape index (κ2) is 11.7.